The number of nitriles is 1. The van der Waals surface area contributed by atoms with Crippen LogP contribution in [-0.2, 0) is 4.74 Å². The first-order valence-electron chi connectivity index (χ1n) is 5.27. The minimum absolute atomic E-state index is 0.126. The molecule has 0 aromatic carbocycles. The van der Waals surface area contributed by atoms with Crippen molar-refractivity contribution in [2.24, 2.45) is 0 Å². The van der Waals surface area contributed by atoms with Crippen LogP contribution < -0.4 is 0 Å². The zero-order chi connectivity index (χ0) is 12.4. The third-order valence-electron chi connectivity index (χ3n) is 2.30. The van der Waals surface area contributed by atoms with Gasteiger partial charge in [0.25, 0.3) is 0 Å². The van der Waals surface area contributed by atoms with E-state index >= 15 is 0 Å². The zero-order valence-electron chi connectivity index (χ0n) is 9.64. The number of nitrogens with zero attached hydrogens (tertiary/aromatic N) is 2. The van der Waals surface area contributed by atoms with E-state index in [9.17, 15) is 4.79 Å². The van der Waals surface area contributed by atoms with E-state index in [2.05, 4.69) is 0 Å². The zero-order valence-corrected chi connectivity index (χ0v) is 10.5. The van der Waals surface area contributed by atoms with Crippen molar-refractivity contribution in [3.05, 3.63) is 23.9 Å². The number of hydrogen-bond donors (Lipinski definition) is 0. The normalized spacial score (nSPS) is 16.0. The van der Waals surface area contributed by atoms with Crippen LogP contribution in [0.5, 0.6) is 0 Å². The lowest BCUT2D eigenvalue weighted by atomic mass is 10.3. The second-order valence-corrected chi connectivity index (χ2v) is 4.88. The van der Waals surface area contributed by atoms with Crippen LogP contribution in [0.3, 0.4) is 0 Å². The molecule has 0 fully saturated rings. The van der Waals surface area contributed by atoms with E-state index < -0.39 is 0 Å². The predicted molar refractivity (Wildman–Crippen MR) is 65.6 cm³/mol. The molecule has 1 aromatic heterocycles. The Balaban J connectivity index is 2.30. The van der Waals surface area contributed by atoms with E-state index in [1.54, 1.807) is 24.0 Å². The smallest absolute Gasteiger partial charge is 0.341 e. The Morgan fingerprint density at radius 2 is 2.47 bits per heavy atom. The molecule has 0 saturated heterocycles. The van der Waals surface area contributed by atoms with E-state index in [1.165, 1.54) is 6.08 Å². The molecule has 5 heteroatoms. The number of carbonyl (C=O) groups is 1. The maximum atomic E-state index is 11.8. The van der Waals surface area contributed by atoms with E-state index in [-0.39, 0.29) is 12.1 Å². The minimum Gasteiger partial charge on any atom is -0.459 e. The number of esters is 1. The van der Waals surface area contributed by atoms with Crippen LogP contribution in [-0.4, -0.2) is 22.4 Å². The van der Waals surface area contributed by atoms with Gasteiger partial charge in [-0.1, -0.05) is 0 Å². The molecule has 1 aromatic rings. The van der Waals surface area contributed by atoms with Gasteiger partial charge in [-0.2, -0.15) is 5.26 Å². The lowest BCUT2D eigenvalue weighted by Crippen LogP contribution is -2.11. The van der Waals surface area contributed by atoms with Gasteiger partial charge in [-0.05, 0) is 19.9 Å². The molecule has 1 aliphatic heterocycles. The number of ether oxygens (including phenoxy) is 1. The molecule has 4 nitrogen and oxygen atoms in total. The summed E-state index contributed by atoms with van der Waals surface area (Å²) in [5.41, 5.74) is 1.47. The number of rotatable bonds is 2. The quantitative estimate of drug-likeness (QED) is 0.596. The predicted octanol–water partition coefficient (Wildman–Crippen LogP) is 2.52. The molecule has 0 bridgehead atoms. The Kier molecular flexibility index (Phi) is 3.25. The second-order valence-electron chi connectivity index (χ2n) is 3.91. The molecule has 0 atom stereocenters. The van der Waals surface area contributed by atoms with E-state index in [4.69, 9.17) is 10.00 Å². The number of fused-ring (bicyclic) bond motifs is 1. The molecule has 0 amide bonds. The summed E-state index contributed by atoms with van der Waals surface area (Å²) in [6, 6.07) is 3.74. The summed E-state index contributed by atoms with van der Waals surface area (Å²) < 4.78 is 7.03. The van der Waals surface area contributed by atoms with E-state index in [0.717, 1.165) is 10.7 Å². The summed E-state index contributed by atoms with van der Waals surface area (Å²) >= 11 is 1.55. The average Bonchev–Trinajstić information content (AvgIpc) is 2.80. The van der Waals surface area contributed by atoms with Crippen LogP contribution in [0.4, 0.5) is 0 Å². The molecule has 0 unspecified atom stereocenters. The van der Waals surface area contributed by atoms with Crippen LogP contribution in [0, 0.1) is 11.3 Å². The fourth-order valence-corrected chi connectivity index (χ4v) is 2.75. The Bertz CT molecular complexity index is 523. The van der Waals surface area contributed by atoms with Gasteiger partial charge in [0.1, 0.15) is 0 Å². The highest BCUT2D eigenvalue weighted by molar-refractivity contribution is 8.00. The minimum atomic E-state index is -0.306. The van der Waals surface area contributed by atoms with Crippen molar-refractivity contribution < 1.29 is 9.53 Å². The number of thioether (sulfide) groups is 1. The largest absolute Gasteiger partial charge is 0.459 e. The van der Waals surface area contributed by atoms with Gasteiger partial charge >= 0.3 is 5.97 Å². The highest BCUT2D eigenvalue weighted by Crippen LogP contribution is 2.36. The lowest BCUT2D eigenvalue weighted by Gasteiger charge is -2.07. The Hall–Kier alpha value is -1.67. The van der Waals surface area contributed by atoms with Gasteiger partial charge in [-0.3, -0.25) is 0 Å². The maximum Gasteiger partial charge on any atom is 0.341 e. The van der Waals surface area contributed by atoms with Gasteiger partial charge in [0.2, 0.25) is 0 Å². The third-order valence-corrected chi connectivity index (χ3v) is 3.43. The molecule has 0 radical (unpaired) electrons. The van der Waals surface area contributed by atoms with Gasteiger partial charge in [0.05, 0.1) is 22.8 Å². The molecule has 0 saturated carbocycles. The maximum absolute atomic E-state index is 11.8. The van der Waals surface area contributed by atoms with Crippen LogP contribution in [0.25, 0.3) is 5.70 Å². The summed E-state index contributed by atoms with van der Waals surface area (Å²) in [7, 11) is 0. The summed E-state index contributed by atoms with van der Waals surface area (Å²) in [4.78, 5) is 11.8. The fourth-order valence-electron chi connectivity index (χ4n) is 1.62. The highest BCUT2D eigenvalue weighted by atomic mass is 32.2. The molecule has 0 spiro atoms. The summed E-state index contributed by atoms with van der Waals surface area (Å²) in [5.74, 6) is 0.408. The van der Waals surface area contributed by atoms with Crippen molar-refractivity contribution in [1.29, 1.82) is 5.26 Å². The van der Waals surface area contributed by atoms with Crippen molar-refractivity contribution in [2.75, 3.05) is 5.75 Å². The lowest BCUT2D eigenvalue weighted by molar-refractivity contribution is 0.0373. The molecular formula is C12H12N2O2S. The molecule has 88 valence electrons. The highest BCUT2D eigenvalue weighted by Gasteiger charge is 2.24. The number of carbonyl (C=O) groups excluding carboxylic acids is 1. The van der Waals surface area contributed by atoms with Crippen molar-refractivity contribution in [3.8, 4) is 6.07 Å². The average molecular weight is 248 g/mol. The van der Waals surface area contributed by atoms with Crippen LogP contribution in [0.1, 0.15) is 24.2 Å². The Labute approximate surface area is 104 Å². The molecule has 2 rings (SSSR count). The fraction of sp³-hybridized carbons (Fsp3) is 0.333. The number of hydrogen-bond acceptors (Lipinski definition) is 4. The van der Waals surface area contributed by atoms with Gasteiger partial charge in [-0.15, -0.1) is 11.8 Å². The molecule has 1 aliphatic rings. The Morgan fingerprint density at radius 3 is 3.12 bits per heavy atom. The van der Waals surface area contributed by atoms with Gasteiger partial charge in [0, 0.05) is 23.7 Å². The van der Waals surface area contributed by atoms with Gasteiger partial charge in [-0.25, -0.2) is 4.79 Å². The van der Waals surface area contributed by atoms with Crippen LogP contribution in [0.15, 0.2) is 23.4 Å². The van der Waals surface area contributed by atoms with Crippen molar-refractivity contribution >= 4 is 23.4 Å². The molecule has 0 N–H and O–H groups in total. The van der Waals surface area contributed by atoms with Crippen LogP contribution in [0.2, 0.25) is 0 Å². The van der Waals surface area contributed by atoms with Crippen molar-refractivity contribution in [3.63, 3.8) is 0 Å². The number of aromatic nitrogens is 1. The third kappa shape index (κ3) is 2.22. The first-order valence-corrected chi connectivity index (χ1v) is 6.26. The topological polar surface area (TPSA) is 55.0 Å². The standard InChI is InChI=1S/C12H12N2O2S/c1-8(2)16-12(15)10-4-6-14-9(3-5-13)7-17-11(10)14/h3-4,6,8H,7H2,1-2H3. The van der Waals surface area contributed by atoms with E-state index in [1.807, 2.05) is 24.5 Å². The number of allylic oxidation sites excluding steroid dienone is 1. The molecule has 0 aliphatic carbocycles. The van der Waals surface area contributed by atoms with Crippen molar-refractivity contribution in [2.45, 2.75) is 25.0 Å². The molecule has 17 heavy (non-hydrogen) atoms. The van der Waals surface area contributed by atoms with Crippen molar-refractivity contribution in [1.82, 2.24) is 4.57 Å². The monoisotopic (exact) mass is 248 g/mol. The second kappa shape index (κ2) is 4.68. The summed E-state index contributed by atoms with van der Waals surface area (Å²) in [5, 5.41) is 9.51. The van der Waals surface area contributed by atoms with Crippen LogP contribution >= 0.6 is 11.8 Å². The van der Waals surface area contributed by atoms with E-state index in [0.29, 0.717) is 11.3 Å². The Morgan fingerprint density at radius 1 is 1.71 bits per heavy atom. The molecular weight excluding hydrogens is 236 g/mol. The SMILES string of the molecule is CC(C)OC(=O)c1ccn2c1SCC2=CC#N. The summed E-state index contributed by atoms with van der Waals surface area (Å²) in [6.07, 6.45) is 3.18. The first kappa shape index (κ1) is 11.8. The molecule has 2 heterocycles. The van der Waals surface area contributed by atoms with Gasteiger partial charge in [0.15, 0.2) is 0 Å². The van der Waals surface area contributed by atoms with Gasteiger partial charge < -0.3 is 9.30 Å². The first-order chi connectivity index (χ1) is 8.13. The summed E-state index contributed by atoms with van der Waals surface area (Å²) in [6.45, 7) is 3.64.